The molecule has 7 nitrogen and oxygen atoms in total. The van der Waals surface area contributed by atoms with E-state index in [9.17, 15) is 4.79 Å². The Morgan fingerprint density at radius 3 is 2.88 bits per heavy atom. The Morgan fingerprint density at radius 1 is 1.27 bits per heavy atom. The summed E-state index contributed by atoms with van der Waals surface area (Å²) in [5.74, 6) is 0.834. The number of fused-ring (bicyclic) bond motifs is 1. The topological polar surface area (TPSA) is 77.7 Å². The van der Waals surface area contributed by atoms with E-state index < -0.39 is 0 Å². The van der Waals surface area contributed by atoms with E-state index in [0.29, 0.717) is 51.6 Å². The van der Waals surface area contributed by atoms with Gasteiger partial charge >= 0.3 is 0 Å². The average molecular weight is 484 g/mol. The Kier molecular flexibility index (Phi) is 6.05. The Balaban J connectivity index is 1.61. The van der Waals surface area contributed by atoms with Crippen LogP contribution in [0.3, 0.4) is 0 Å². The Labute approximate surface area is 199 Å². The van der Waals surface area contributed by atoms with Crippen LogP contribution in [0.25, 0.3) is 21.5 Å². The molecule has 3 heterocycles. The molecule has 1 aliphatic heterocycles. The number of carbonyl (C=O) groups is 1. The fourth-order valence-corrected chi connectivity index (χ4v) is 5.24. The van der Waals surface area contributed by atoms with Gasteiger partial charge in [-0.1, -0.05) is 52.4 Å². The zero-order chi connectivity index (χ0) is 22.9. The number of carbonyl (C=O) groups excluding carboxylic acids is 1. The number of benzene rings is 2. The molecule has 33 heavy (non-hydrogen) atoms. The fourth-order valence-electron chi connectivity index (χ4n) is 4.03. The number of aromatic nitrogens is 2. The number of thiazole rings is 1. The highest BCUT2D eigenvalue weighted by atomic mass is 35.5. The second kappa shape index (κ2) is 9.13. The first-order valence-corrected chi connectivity index (χ1v) is 11.8. The van der Waals surface area contributed by atoms with Crippen molar-refractivity contribution in [3.8, 4) is 17.0 Å². The zero-order valence-electron chi connectivity index (χ0n) is 18.2. The first kappa shape index (κ1) is 21.9. The molecule has 0 unspecified atom stereocenters. The molecular formula is C24H22ClN3O4S. The lowest BCUT2D eigenvalue weighted by molar-refractivity contribution is 0.0916. The smallest absolute Gasteiger partial charge is 0.266 e. The standard InChI is InChI=1S/C24H22ClN3O4S/c1-14-20(21(27-32-14)16-8-3-4-9-17(16)25)23(29)28(13-15-7-6-12-31-15)24-26-22-18(30-2)10-5-11-19(22)33-24/h3-5,8-11,15H,6-7,12-13H2,1-2H3/t15-/m0/s1. The molecule has 0 bridgehead atoms. The van der Waals surface area contributed by atoms with Gasteiger partial charge in [0, 0.05) is 12.2 Å². The summed E-state index contributed by atoms with van der Waals surface area (Å²) in [6.45, 7) is 2.80. The molecule has 1 atom stereocenters. The normalized spacial score (nSPS) is 15.8. The van der Waals surface area contributed by atoms with Crippen LogP contribution in [0.2, 0.25) is 5.02 Å². The minimum atomic E-state index is -0.253. The maximum atomic E-state index is 14.0. The van der Waals surface area contributed by atoms with Gasteiger partial charge in [0.05, 0.1) is 29.5 Å². The lowest BCUT2D eigenvalue weighted by Crippen LogP contribution is -2.37. The molecule has 2 aromatic heterocycles. The van der Waals surface area contributed by atoms with Crippen molar-refractivity contribution >= 4 is 44.2 Å². The largest absolute Gasteiger partial charge is 0.494 e. The van der Waals surface area contributed by atoms with Gasteiger partial charge in [0.1, 0.15) is 28.3 Å². The summed E-state index contributed by atoms with van der Waals surface area (Å²) >= 11 is 7.85. The van der Waals surface area contributed by atoms with Crippen molar-refractivity contribution in [2.75, 3.05) is 25.2 Å². The second-order valence-corrected chi connectivity index (χ2v) is 9.21. The van der Waals surface area contributed by atoms with Gasteiger partial charge in [-0.15, -0.1) is 0 Å². The van der Waals surface area contributed by atoms with Gasteiger partial charge in [0.2, 0.25) is 0 Å². The summed E-state index contributed by atoms with van der Waals surface area (Å²) < 4.78 is 17.7. The van der Waals surface area contributed by atoms with Gasteiger partial charge < -0.3 is 14.0 Å². The summed E-state index contributed by atoms with van der Waals surface area (Å²) in [4.78, 5) is 20.5. The number of para-hydroxylation sites is 1. The molecule has 4 aromatic rings. The molecule has 1 saturated heterocycles. The van der Waals surface area contributed by atoms with Crippen molar-refractivity contribution in [1.82, 2.24) is 10.1 Å². The maximum absolute atomic E-state index is 14.0. The Hall–Kier alpha value is -2.94. The van der Waals surface area contributed by atoms with Crippen molar-refractivity contribution in [2.24, 2.45) is 0 Å². The highest BCUT2D eigenvalue weighted by Crippen LogP contribution is 2.37. The van der Waals surface area contributed by atoms with Gasteiger partial charge in [0.15, 0.2) is 5.13 Å². The molecule has 9 heteroatoms. The van der Waals surface area contributed by atoms with Crippen LogP contribution in [0.1, 0.15) is 29.0 Å². The lowest BCUT2D eigenvalue weighted by atomic mass is 10.0. The van der Waals surface area contributed by atoms with Gasteiger partial charge in [-0.05, 0) is 38.0 Å². The summed E-state index contributed by atoms with van der Waals surface area (Å²) in [5.41, 5.74) is 2.15. The Bertz CT molecular complexity index is 1310. The number of hydrogen-bond acceptors (Lipinski definition) is 7. The average Bonchev–Trinajstić information content (AvgIpc) is 3.56. The van der Waals surface area contributed by atoms with Crippen LogP contribution in [-0.4, -0.2) is 42.4 Å². The minimum absolute atomic E-state index is 0.0632. The molecule has 0 radical (unpaired) electrons. The van der Waals surface area contributed by atoms with Crippen molar-refractivity contribution < 1.29 is 18.8 Å². The first-order valence-electron chi connectivity index (χ1n) is 10.6. The number of halogens is 1. The van der Waals surface area contributed by atoms with E-state index in [1.54, 1.807) is 25.0 Å². The molecule has 5 rings (SSSR count). The number of aryl methyl sites for hydroxylation is 1. The van der Waals surface area contributed by atoms with E-state index in [1.807, 2.05) is 36.4 Å². The summed E-state index contributed by atoms with van der Waals surface area (Å²) in [6.07, 6.45) is 1.79. The SMILES string of the molecule is COc1cccc2sc(N(C[C@@H]3CCCO3)C(=O)c3c(-c4ccccc4Cl)noc3C)nc12. The highest BCUT2D eigenvalue weighted by molar-refractivity contribution is 7.22. The van der Waals surface area contributed by atoms with Crippen LogP contribution in [0.5, 0.6) is 5.75 Å². The summed E-state index contributed by atoms with van der Waals surface area (Å²) in [5, 5.41) is 5.24. The maximum Gasteiger partial charge on any atom is 0.266 e. The molecule has 1 amide bonds. The van der Waals surface area contributed by atoms with Crippen molar-refractivity contribution in [2.45, 2.75) is 25.9 Å². The quantitative estimate of drug-likeness (QED) is 0.347. The molecule has 170 valence electrons. The fraction of sp³-hybridized carbons (Fsp3) is 0.292. The van der Waals surface area contributed by atoms with Crippen molar-refractivity contribution in [3.05, 3.63) is 58.8 Å². The monoisotopic (exact) mass is 483 g/mol. The minimum Gasteiger partial charge on any atom is -0.494 e. The molecular weight excluding hydrogens is 462 g/mol. The van der Waals surface area contributed by atoms with Crippen molar-refractivity contribution in [1.29, 1.82) is 0 Å². The predicted octanol–water partition coefficient (Wildman–Crippen LogP) is 5.75. The third kappa shape index (κ3) is 4.10. The van der Waals surface area contributed by atoms with Crippen LogP contribution < -0.4 is 9.64 Å². The number of nitrogens with zero attached hydrogens (tertiary/aromatic N) is 3. The molecule has 0 spiro atoms. The van der Waals surface area contributed by atoms with Crippen LogP contribution in [0.4, 0.5) is 5.13 Å². The van der Waals surface area contributed by atoms with Crippen LogP contribution in [0, 0.1) is 6.92 Å². The van der Waals surface area contributed by atoms with Gasteiger partial charge in [-0.2, -0.15) is 0 Å². The van der Waals surface area contributed by atoms with Gasteiger partial charge in [-0.3, -0.25) is 9.69 Å². The van der Waals surface area contributed by atoms with E-state index in [4.69, 9.17) is 30.6 Å². The third-order valence-corrected chi connectivity index (χ3v) is 7.06. The molecule has 2 aromatic carbocycles. The summed E-state index contributed by atoms with van der Waals surface area (Å²) in [7, 11) is 1.61. The van der Waals surface area contributed by atoms with E-state index in [2.05, 4.69) is 5.16 Å². The number of methoxy groups -OCH3 is 1. The highest BCUT2D eigenvalue weighted by Gasteiger charge is 2.32. The molecule has 0 saturated carbocycles. The van der Waals surface area contributed by atoms with Crippen LogP contribution in [0.15, 0.2) is 47.0 Å². The predicted molar refractivity (Wildman–Crippen MR) is 129 cm³/mol. The van der Waals surface area contributed by atoms with E-state index in [0.717, 1.165) is 23.1 Å². The first-order chi connectivity index (χ1) is 16.1. The van der Waals surface area contributed by atoms with Crippen molar-refractivity contribution in [3.63, 3.8) is 0 Å². The zero-order valence-corrected chi connectivity index (χ0v) is 19.8. The number of rotatable bonds is 6. The second-order valence-electron chi connectivity index (χ2n) is 7.80. The van der Waals surface area contributed by atoms with E-state index >= 15 is 0 Å². The molecule has 0 aliphatic carbocycles. The number of anilines is 1. The van der Waals surface area contributed by atoms with Crippen LogP contribution >= 0.6 is 22.9 Å². The van der Waals surface area contributed by atoms with E-state index in [1.165, 1.54) is 11.3 Å². The molecule has 1 fully saturated rings. The number of hydrogen-bond donors (Lipinski definition) is 0. The molecule has 0 N–H and O–H groups in total. The van der Waals surface area contributed by atoms with Crippen LogP contribution in [-0.2, 0) is 4.74 Å². The third-order valence-electron chi connectivity index (χ3n) is 5.68. The number of amides is 1. The van der Waals surface area contributed by atoms with Gasteiger partial charge in [0.25, 0.3) is 5.91 Å². The lowest BCUT2D eigenvalue weighted by Gasteiger charge is -2.23. The summed E-state index contributed by atoms with van der Waals surface area (Å²) in [6, 6.07) is 13.0. The Morgan fingerprint density at radius 2 is 2.12 bits per heavy atom. The van der Waals surface area contributed by atoms with Gasteiger partial charge in [-0.25, -0.2) is 4.98 Å². The number of ether oxygens (including phenoxy) is 2. The molecule has 1 aliphatic rings. The van der Waals surface area contributed by atoms with E-state index in [-0.39, 0.29) is 12.0 Å².